The summed E-state index contributed by atoms with van der Waals surface area (Å²) in [5, 5.41) is 23.7. The van der Waals surface area contributed by atoms with Gasteiger partial charge in [0.05, 0.1) is 12.6 Å². The highest BCUT2D eigenvalue weighted by atomic mass is 16.4. The van der Waals surface area contributed by atoms with Crippen molar-refractivity contribution in [2.45, 2.75) is 78.8 Å². The molecule has 0 bridgehead atoms. The van der Waals surface area contributed by atoms with Gasteiger partial charge >= 0.3 is 5.97 Å². The molecule has 0 radical (unpaired) electrons. The summed E-state index contributed by atoms with van der Waals surface area (Å²) in [5.41, 5.74) is -1.12. The molecule has 0 saturated carbocycles. The molecule has 0 aliphatic rings. The third-order valence-electron chi connectivity index (χ3n) is 4.61. The lowest BCUT2D eigenvalue weighted by Crippen LogP contribution is -2.55. The zero-order valence-electron chi connectivity index (χ0n) is 18.2. The molecule has 0 fully saturated rings. The molecule has 0 aromatic heterocycles. The minimum absolute atomic E-state index is 0.0581. The zero-order valence-corrected chi connectivity index (χ0v) is 18.2. The quantitative estimate of drug-likeness (QED) is 0.195. The van der Waals surface area contributed by atoms with Crippen LogP contribution in [0.2, 0.25) is 0 Å². The largest absolute Gasteiger partial charge is 0.481 e. The molecule has 0 aromatic rings. The van der Waals surface area contributed by atoms with E-state index in [1.807, 2.05) is 0 Å². The van der Waals surface area contributed by atoms with Crippen LogP contribution in [0.15, 0.2) is 12.2 Å². The summed E-state index contributed by atoms with van der Waals surface area (Å²) in [4.78, 5) is 48.6. The number of carboxylic acids is 1. The van der Waals surface area contributed by atoms with Gasteiger partial charge in [-0.15, -0.1) is 6.58 Å². The minimum Gasteiger partial charge on any atom is -0.481 e. The number of aliphatic hydroxyl groups is 1. The van der Waals surface area contributed by atoms with Crippen molar-refractivity contribution in [1.29, 1.82) is 0 Å². The molecular weight excluding hydrogens is 376 g/mol. The Morgan fingerprint density at radius 2 is 1.62 bits per heavy atom. The number of nitrogens with one attached hydrogen (secondary N) is 2. The first-order valence-corrected chi connectivity index (χ1v) is 9.95. The molecule has 0 rings (SSSR count). The maximum atomic E-state index is 12.7. The number of aliphatic hydroxyl groups excluding tert-OH is 1. The van der Waals surface area contributed by atoms with Crippen molar-refractivity contribution in [1.82, 2.24) is 10.6 Å². The van der Waals surface area contributed by atoms with E-state index in [0.29, 0.717) is 17.9 Å². The van der Waals surface area contributed by atoms with E-state index in [0.717, 1.165) is 12.8 Å². The minimum atomic E-state index is -1.71. The van der Waals surface area contributed by atoms with Gasteiger partial charge in [0.15, 0.2) is 5.78 Å². The lowest BCUT2D eigenvalue weighted by atomic mass is 9.82. The second-order valence-corrected chi connectivity index (χ2v) is 8.46. The normalized spacial score (nSPS) is 13.5. The average Bonchev–Trinajstić information content (AvgIpc) is 2.61. The molecule has 0 aromatic carbocycles. The maximum absolute atomic E-state index is 12.7. The molecule has 0 aliphatic carbocycles. The van der Waals surface area contributed by atoms with Gasteiger partial charge in [-0.3, -0.25) is 19.2 Å². The van der Waals surface area contributed by atoms with Gasteiger partial charge in [0.2, 0.25) is 11.8 Å². The average molecular weight is 413 g/mol. The number of carbonyl (C=O) groups is 4. The Hall–Kier alpha value is -2.22. The second kappa shape index (κ2) is 12.4. The van der Waals surface area contributed by atoms with Crippen LogP contribution in [0.3, 0.4) is 0 Å². The molecule has 8 nitrogen and oxygen atoms in total. The van der Waals surface area contributed by atoms with E-state index in [-0.39, 0.29) is 18.7 Å². The topological polar surface area (TPSA) is 133 Å². The maximum Gasteiger partial charge on any atom is 0.316 e. The number of ketones is 1. The van der Waals surface area contributed by atoms with Crippen molar-refractivity contribution in [2.24, 2.45) is 11.3 Å². The number of amides is 2. The van der Waals surface area contributed by atoms with Crippen molar-refractivity contribution < 1.29 is 29.4 Å². The molecule has 0 heterocycles. The third kappa shape index (κ3) is 9.69. The fourth-order valence-corrected chi connectivity index (χ4v) is 2.67. The number of carboxylic acid groups (broad SMARTS) is 1. The summed E-state index contributed by atoms with van der Waals surface area (Å²) in [5.74, 6) is -2.55. The Labute approximate surface area is 173 Å². The summed E-state index contributed by atoms with van der Waals surface area (Å²) in [7, 11) is 0. The van der Waals surface area contributed by atoms with Crippen LogP contribution in [0.4, 0.5) is 0 Å². The van der Waals surface area contributed by atoms with Gasteiger partial charge in [0.25, 0.3) is 0 Å². The number of Topliss-reactive ketones (excluding diaryl/α,β-unsaturated/α-hetero) is 1. The molecule has 2 amide bonds. The van der Waals surface area contributed by atoms with Crippen molar-refractivity contribution in [3.63, 3.8) is 0 Å². The SMILES string of the molecule is C=C(C)C[C@H](NC(=O)[C@H](CO)NC(=O)CCCCC(C)C)C(=O)C(C)(C)C(=O)O. The highest BCUT2D eigenvalue weighted by molar-refractivity contribution is 6.06. The number of carbonyl (C=O) groups excluding carboxylic acids is 3. The third-order valence-corrected chi connectivity index (χ3v) is 4.61. The van der Waals surface area contributed by atoms with Crippen molar-refractivity contribution in [3.05, 3.63) is 12.2 Å². The summed E-state index contributed by atoms with van der Waals surface area (Å²) in [6.45, 7) is 11.4. The van der Waals surface area contributed by atoms with Gasteiger partial charge in [0.1, 0.15) is 11.5 Å². The van der Waals surface area contributed by atoms with E-state index in [1.54, 1.807) is 6.92 Å². The Morgan fingerprint density at radius 3 is 2.07 bits per heavy atom. The first-order chi connectivity index (χ1) is 13.3. The van der Waals surface area contributed by atoms with Crippen molar-refractivity contribution in [2.75, 3.05) is 6.61 Å². The predicted octanol–water partition coefficient (Wildman–Crippen LogP) is 1.81. The van der Waals surface area contributed by atoms with Crippen LogP contribution < -0.4 is 10.6 Å². The van der Waals surface area contributed by atoms with Gasteiger partial charge in [-0.05, 0) is 39.5 Å². The van der Waals surface area contributed by atoms with E-state index in [2.05, 4.69) is 31.1 Å². The smallest absolute Gasteiger partial charge is 0.316 e. The molecular formula is C21H36N2O6. The molecule has 2 atom stereocenters. The van der Waals surface area contributed by atoms with Crippen LogP contribution in [0, 0.1) is 11.3 Å². The van der Waals surface area contributed by atoms with Crippen LogP contribution in [-0.4, -0.2) is 52.5 Å². The fourth-order valence-electron chi connectivity index (χ4n) is 2.67. The summed E-state index contributed by atoms with van der Waals surface area (Å²) in [6.07, 6.45) is 2.86. The Balaban J connectivity index is 5.02. The van der Waals surface area contributed by atoms with E-state index in [1.165, 1.54) is 13.8 Å². The number of unbranched alkanes of at least 4 members (excludes halogenated alkanes) is 1. The standard InChI is InChI=1S/C21H36N2O6/c1-13(2)9-7-8-10-17(25)22-16(12-24)19(27)23-15(11-14(3)4)18(26)21(5,6)20(28)29/h13,15-16,24H,3,7-12H2,1-2,4-6H3,(H,22,25)(H,23,27)(H,28,29)/t15-,16-/m0/s1. The Bertz CT molecular complexity index is 612. The highest BCUT2D eigenvalue weighted by Gasteiger charge is 2.41. The Kier molecular flexibility index (Phi) is 11.4. The summed E-state index contributed by atoms with van der Waals surface area (Å²) < 4.78 is 0. The molecule has 0 aliphatic heterocycles. The number of hydrogen-bond acceptors (Lipinski definition) is 5. The number of hydrogen-bond donors (Lipinski definition) is 4. The molecule has 29 heavy (non-hydrogen) atoms. The number of aliphatic carboxylic acids is 1. The van der Waals surface area contributed by atoms with Crippen LogP contribution in [-0.2, 0) is 19.2 Å². The lowest BCUT2D eigenvalue weighted by Gasteiger charge is -2.27. The van der Waals surface area contributed by atoms with E-state index < -0.39 is 41.8 Å². The van der Waals surface area contributed by atoms with Gasteiger partial charge in [0, 0.05) is 6.42 Å². The van der Waals surface area contributed by atoms with Gasteiger partial charge in [-0.2, -0.15) is 0 Å². The lowest BCUT2D eigenvalue weighted by molar-refractivity contribution is -0.154. The highest BCUT2D eigenvalue weighted by Crippen LogP contribution is 2.21. The first kappa shape index (κ1) is 26.8. The van der Waals surface area contributed by atoms with Gasteiger partial charge in [-0.25, -0.2) is 0 Å². The monoisotopic (exact) mass is 412 g/mol. The van der Waals surface area contributed by atoms with Gasteiger partial charge < -0.3 is 20.8 Å². The van der Waals surface area contributed by atoms with E-state index in [9.17, 15) is 29.4 Å². The molecule has 0 saturated heterocycles. The second-order valence-electron chi connectivity index (χ2n) is 8.46. The molecule has 8 heteroatoms. The van der Waals surface area contributed by atoms with Crippen LogP contribution in [0.25, 0.3) is 0 Å². The number of rotatable bonds is 14. The summed E-state index contributed by atoms with van der Waals surface area (Å²) in [6, 6.07) is -2.34. The van der Waals surface area contributed by atoms with Crippen molar-refractivity contribution in [3.8, 4) is 0 Å². The van der Waals surface area contributed by atoms with E-state index in [4.69, 9.17) is 0 Å². The van der Waals surface area contributed by atoms with Crippen LogP contribution in [0.5, 0.6) is 0 Å². The Morgan fingerprint density at radius 1 is 1.03 bits per heavy atom. The first-order valence-electron chi connectivity index (χ1n) is 9.95. The molecule has 4 N–H and O–H groups in total. The molecule has 0 spiro atoms. The van der Waals surface area contributed by atoms with Crippen LogP contribution >= 0.6 is 0 Å². The fraction of sp³-hybridized carbons (Fsp3) is 0.714. The predicted molar refractivity (Wildman–Crippen MR) is 110 cm³/mol. The van der Waals surface area contributed by atoms with Crippen LogP contribution in [0.1, 0.15) is 66.7 Å². The van der Waals surface area contributed by atoms with Gasteiger partial charge in [-0.1, -0.05) is 32.3 Å². The van der Waals surface area contributed by atoms with Crippen molar-refractivity contribution >= 4 is 23.6 Å². The molecule has 0 unspecified atom stereocenters. The summed E-state index contributed by atoms with van der Waals surface area (Å²) >= 11 is 0. The molecule has 166 valence electrons. The van der Waals surface area contributed by atoms with E-state index >= 15 is 0 Å². The zero-order chi connectivity index (χ0) is 22.8.